The highest BCUT2D eigenvalue weighted by Crippen LogP contribution is 2.47. The number of nitrogens with one attached hydrogen (secondary N) is 1. The molecule has 3 heterocycles. The minimum absolute atomic E-state index is 0.0152. The second-order valence-corrected chi connectivity index (χ2v) is 10.9. The Morgan fingerprint density at radius 2 is 2.00 bits per heavy atom. The zero-order chi connectivity index (χ0) is 21.5. The van der Waals surface area contributed by atoms with Crippen molar-refractivity contribution in [1.29, 1.82) is 5.41 Å². The number of nitrogens with two attached hydrogens (primary N) is 1. The van der Waals surface area contributed by atoms with Gasteiger partial charge in [0.25, 0.3) is 0 Å². The Balaban J connectivity index is 1.45. The van der Waals surface area contributed by atoms with Crippen molar-refractivity contribution in [2.75, 3.05) is 19.6 Å². The summed E-state index contributed by atoms with van der Waals surface area (Å²) in [6.07, 6.45) is 1.51. The van der Waals surface area contributed by atoms with Crippen LogP contribution in [-0.4, -0.2) is 54.0 Å². The Kier molecular flexibility index (Phi) is 5.75. The Hall–Kier alpha value is -2.14. The second kappa shape index (κ2) is 8.18. The van der Waals surface area contributed by atoms with E-state index in [0.717, 1.165) is 11.1 Å². The molecule has 2 aliphatic rings. The molecule has 30 heavy (non-hydrogen) atoms. The summed E-state index contributed by atoms with van der Waals surface area (Å²) in [5, 5.41) is 7.95. The number of nitrogen functional groups attached to an aromatic ring is 1. The van der Waals surface area contributed by atoms with Crippen molar-refractivity contribution >= 4 is 45.1 Å². The lowest BCUT2D eigenvalue weighted by Gasteiger charge is -2.34. The van der Waals surface area contributed by atoms with Crippen LogP contribution in [0.2, 0.25) is 5.02 Å². The molecule has 2 aromatic rings. The van der Waals surface area contributed by atoms with Gasteiger partial charge in [-0.3, -0.25) is 15.2 Å². The topological polar surface area (TPSA) is 120 Å². The monoisotopic (exact) mass is 465 g/mol. The molecular weight excluding hydrogens is 446 g/mol. The number of amidine groups is 1. The number of pyridine rings is 1. The third-order valence-corrected chi connectivity index (χ3v) is 9.46. The summed E-state index contributed by atoms with van der Waals surface area (Å²) >= 11 is 7.44. The fourth-order valence-corrected chi connectivity index (χ4v) is 7.43. The Labute approximate surface area is 184 Å². The molecule has 0 aliphatic carbocycles. The number of thioether (sulfide) groups is 1. The van der Waals surface area contributed by atoms with Gasteiger partial charge >= 0.3 is 0 Å². The van der Waals surface area contributed by atoms with Gasteiger partial charge in [0.05, 0.1) is 12.2 Å². The van der Waals surface area contributed by atoms with Crippen molar-refractivity contribution in [1.82, 2.24) is 14.2 Å². The average Bonchev–Trinajstić information content (AvgIpc) is 3.16. The van der Waals surface area contributed by atoms with Gasteiger partial charge in [0.15, 0.2) is 4.58 Å². The van der Waals surface area contributed by atoms with Crippen molar-refractivity contribution in [2.24, 2.45) is 5.73 Å². The predicted molar refractivity (Wildman–Crippen MR) is 117 cm³/mol. The Morgan fingerprint density at radius 3 is 2.67 bits per heavy atom. The molecule has 0 bridgehead atoms. The number of nitrogens with zero attached hydrogens (tertiary/aromatic N) is 3. The van der Waals surface area contributed by atoms with Gasteiger partial charge in [0, 0.05) is 47.7 Å². The van der Waals surface area contributed by atoms with Crippen LogP contribution >= 0.6 is 23.4 Å². The first kappa shape index (κ1) is 21.1. The Morgan fingerprint density at radius 1 is 1.27 bits per heavy atom. The number of aromatic nitrogens is 1. The summed E-state index contributed by atoms with van der Waals surface area (Å²) in [5.41, 5.74) is 8.18. The van der Waals surface area contributed by atoms with Crippen LogP contribution in [0.5, 0.6) is 0 Å². The van der Waals surface area contributed by atoms with Crippen molar-refractivity contribution in [3.8, 4) is 0 Å². The van der Waals surface area contributed by atoms with E-state index >= 15 is 0 Å². The van der Waals surface area contributed by atoms with E-state index < -0.39 is 14.6 Å². The largest absolute Gasteiger partial charge is 0.384 e. The second-order valence-electron chi connectivity index (χ2n) is 7.10. The average molecular weight is 466 g/mol. The van der Waals surface area contributed by atoms with E-state index in [2.05, 4.69) is 4.98 Å². The maximum atomic E-state index is 13.2. The summed E-state index contributed by atoms with van der Waals surface area (Å²) in [6, 6.07) is 8.75. The van der Waals surface area contributed by atoms with E-state index in [4.69, 9.17) is 22.7 Å². The Bertz CT molecular complexity index is 1110. The van der Waals surface area contributed by atoms with Crippen molar-refractivity contribution in [2.45, 2.75) is 16.9 Å². The molecule has 0 saturated carbocycles. The van der Waals surface area contributed by atoms with Gasteiger partial charge in [-0.15, -0.1) is 11.8 Å². The normalized spacial score (nSPS) is 19.7. The molecule has 8 nitrogen and oxygen atoms in total. The molecule has 1 aromatic carbocycles. The quantitative estimate of drug-likeness (QED) is 0.514. The lowest BCUT2D eigenvalue weighted by Crippen LogP contribution is -2.52. The number of halogens is 1. The number of rotatable bonds is 5. The third kappa shape index (κ3) is 3.92. The van der Waals surface area contributed by atoms with E-state index in [1.807, 2.05) is 12.1 Å². The van der Waals surface area contributed by atoms with E-state index in [-0.39, 0.29) is 24.8 Å². The van der Waals surface area contributed by atoms with Crippen molar-refractivity contribution in [3.05, 3.63) is 63.9 Å². The first-order chi connectivity index (χ1) is 14.3. The lowest BCUT2D eigenvalue weighted by molar-refractivity contribution is -0.134. The summed E-state index contributed by atoms with van der Waals surface area (Å²) in [4.78, 5) is 18.5. The summed E-state index contributed by atoms with van der Waals surface area (Å²) in [7, 11) is -3.75. The number of amides is 1. The number of carbonyl (C=O) groups excluding carboxylic acids is 1. The van der Waals surface area contributed by atoms with E-state index in [0.29, 0.717) is 35.1 Å². The summed E-state index contributed by atoms with van der Waals surface area (Å²) in [5.74, 6) is 0.220. The highest BCUT2D eigenvalue weighted by atomic mass is 35.5. The minimum atomic E-state index is -3.75. The predicted octanol–water partition coefficient (Wildman–Crippen LogP) is 1.94. The number of piperazine rings is 1. The molecule has 0 spiro atoms. The molecule has 11 heteroatoms. The van der Waals surface area contributed by atoms with E-state index in [1.54, 1.807) is 23.1 Å². The molecule has 3 N–H and O–H groups in total. The fourth-order valence-electron chi connectivity index (χ4n) is 3.51. The number of fused-ring (bicyclic) bond motifs is 1. The van der Waals surface area contributed by atoms with Crippen LogP contribution in [0.15, 0.2) is 36.5 Å². The van der Waals surface area contributed by atoms with E-state index in [1.165, 1.54) is 22.3 Å². The fraction of sp³-hybridized carbons (Fsp3) is 0.316. The molecule has 1 unspecified atom stereocenters. The van der Waals surface area contributed by atoms with Gasteiger partial charge in [-0.1, -0.05) is 35.9 Å². The molecule has 1 amide bonds. The summed E-state index contributed by atoms with van der Waals surface area (Å²) < 4.78 is 26.8. The van der Waals surface area contributed by atoms with Crippen LogP contribution in [-0.2, 0) is 27.1 Å². The highest BCUT2D eigenvalue weighted by Gasteiger charge is 2.42. The smallest absolute Gasteiger partial charge is 0.238 e. The van der Waals surface area contributed by atoms with Crippen molar-refractivity contribution in [3.63, 3.8) is 0 Å². The van der Waals surface area contributed by atoms with Crippen LogP contribution in [0.25, 0.3) is 0 Å². The number of hydrogen-bond acceptors (Lipinski definition) is 6. The van der Waals surface area contributed by atoms with Gasteiger partial charge in [0.1, 0.15) is 5.84 Å². The number of hydrogen-bond donors (Lipinski definition) is 2. The van der Waals surface area contributed by atoms with Crippen LogP contribution in [0, 0.1) is 5.41 Å². The SMILES string of the molecule is N=C(N)c1ccc(CN2CCN(S(=O)(=O)C3SCc4c(Cl)ccnc43)CC2=O)cc1. The molecule has 1 saturated heterocycles. The van der Waals surface area contributed by atoms with Crippen molar-refractivity contribution < 1.29 is 13.2 Å². The zero-order valence-corrected chi connectivity index (χ0v) is 18.3. The minimum Gasteiger partial charge on any atom is -0.384 e. The number of sulfonamides is 1. The first-order valence-corrected chi connectivity index (χ1v) is 12.2. The molecule has 4 rings (SSSR count). The van der Waals surface area contributed by atoms with Crippen LogP contribution in [0.3, 0.4) is 0 Å². The molecular formula is C19H20ClN5O3S2. The number of benzene rings is 1. The standard InChI is InChI=1S/C19H20ClN5O3S2/c20-15-5-6-23-17-14(15)11-29-19(17)30(27,28)25-8-7-24(16(26)10-25)9-12-1-3-13(4-2-12)18(21)22/h1-6,19H,7-11H2,(H3,21,22). The van der Waals surface area contributed by atoms with Gasteiger partial charge in [-0.05, 0) is 11.6 Å². The van der Waals surface area contributed by atoms with Gasteiger partial charge in [-0.2, -0.15) is 4.31 Å². The molecule has 2 aliphatic heterocycles. The third-order valence-electron chi connectivity index (χ3n) is 5.19. The summed E-state index contributed by atoms with van der Waals surface area (Å²) in [6.45, 7) is 0.718. The lowest BCUT2D eigenvalue weighted by atomic mass is 10.1. The maximum absolute atomic E-state index is 13.2. The first-order valence-electron chi connectivity index (χ1n) is 9.22. The molecule has 0 radical (unpaired) electrons. The van der Waals surface area contributed by atoms with Gasteiger partial charge in [0.2, 0.25) is 15.9 Å². The van der Waals surface area contributed by atoms with E-state index in [9.17, 15) is 13.2 Å². The molecule has 158 valence electrons. The molecule has 1 fully saturated rings. The van der Waals surface area contributed by atoms with Gasteiger partial charge < -0.3 is 10.6 Å². The van der Waals surface area contributed by atoms with Crippen LogP contribution in [0.4, 0.5) is 0 Å². The highest BCUT2D eigenvalue weighted by molar-refractivity contribution is 8.11. The molecule has 1 aromatic heterocycles. The van der Waals surface area contributed by atoms with Gasteiger partial charge in [-0.25, -0.2) is 8.42 Å². The maximum Gasteiger partial charge on any atom is 0.238 e. The van der Waals surface area contributed by atoms with Crippen LogP contribution < -0.4 is 5.73 Å². The zero-order valence-electron chi connectivity index (χ0n) is 15.9. The number of carbonyl (C=O) groups is 1. The van der Waals surface area contributed by atoms with Crippen LogP contribution in [0.1, 0.15) is 27.0 Å². The molecule has 1 atom stereocenters.